The van der Waals surface area contributed by atoms with Crippen LogP contribution in [0.2, 0.25) is 0 Å². The van der Waals surface area contributed by atoms with Crippen molar-refractivity contribution < 1.29 is 4.74 Å². The van der Waals surface area contributed by atoms with Crippen LogP contribution in [0.5, 0.6) is 5.75 Å². The van der Waals surface area contributed by atoms with Gasteiger partial charge in [-0.2, -0.15) is 0 Å². The van der Waals surface area contributed by atoms with Gasteiger partial charge in [0.15, 0.2) is 0 Å². The standard InChI is InChI=1S/C16H22BrNO/c17-14-10-12(4-7-15(14)19-13-5-6-13)16(11-18)8-2-1-3-9-16/h4,7,10,13H,1-3,5-6,8-9,11,18H2. The zero-order chi connectivity index (χ0) is 13.3. The smallest absolute Gasteiger partial charge is 0.133 e. The predicted molar refractivity (Wildman–Crippen MR) is 81.6 cm³/mol. The highest BCUT2D eigenvalue weighted by molar-refractivity contribution is 9.10. The van der Waals surface area contributed by atoms with Crippen LogP contribution >= 0.6 is 15.9 Å². The van der Waals surface area contributed by atoms with Gasteiger partial charge in [0.1, 0.15) is 5.75 Å². The van der Waals surface area contributed by atoms with Crippen LogP contribution in [0.15, 0.2) is 22.7 Å². The number of rotatable bonds is 4. The quantitative estimate of drug-likeness (QED) is 0.903. The summed E-state index contributed by atoms with van der Waals surface area (Å²) in [6.07, 6.45) is 9.23. The van der Waals surface area contributed by atoms with E-state index in [-0.39, 0.29) is 5.41 Å². The van der Waals surface area contributed by atoms with Gasteiger partial charge in [-0.25, -0.2) is 0 Å². The van der Waals surface area contributed by atoms with Crippen molar-refractivity contribution in [1.82, 2.24) is 0 Å². The Bertz CT molecular complexity index is 450. The summed E-state index contributed by atoms with van der Waals surface area (Å²) in [7, 11) is 0. The largest absolute Gasteiger partial charge is 0.489 e. The van der Waals surface area contributed by atoms with Crippen LogP contribution in [-0.4, -0.2) is 12.6 Å². The van der Waals surface area contributed by atoms with Gasteiger partial charge in [-0.1, -0.05) is 25.3 Å². The van der Waals surface area contributed by atoms with Crippen molar-refractivity contribution in [2.24, 2.45) is 5.73 Å². The monoisotopic (exact) mass is 323 g/mol. The highest BCUT2D eigenvalue weighted by atomic mass is 79.9. The first-order valence-corrected chi connectivity index (χ1v) is 8.20. The molecule has 104 valence electrons. The maximum Gasteiger partial charge on any atom is 0.133 e. The maximum absolute atomic E-state index is 6.10. The fourth-order valence-electron chi connectivity index (χ4n) is 3.13. The molecule has 2 N–H and O–H groups in total. The Hall–Kier alpha value is -0.540. The molecule has 2 fully saturated rings. The lowest BCUT2D eigenvalue weighted by atomic mass is 9.69. The minimum atomic E-state index is 0.193. The Morgan fingerprint density at radius 3 is 2.53 bits per heavy atom. The second-order valence-corrected chi connectivity index (χ2v) is 6.86. The van der Waals surface area contributed by atoms with E-state index in [1.54, 1.807) is 0 Å². The number of halogens is 1. The van der Waals surface area contributed by atoms with Crippen LogP contribution in [0.25, 0.3) is 0 Å². The highest BCUT2D eigenvalue weighted by Crippen LogP contribution is 2.41. The van der Waals surface area contributed by atoms with Gasteiger partial charge in [-0.15, -0.1) is 0 Å². The second kappa shape index (κ2) is 5.45. The van der Waals surface area contributed by atoms with E-state index in [2.05, 4.69) is 34.1 Å². The third kappa shape index (κ3) is 2.82. The molecule has 1 aromatic rings. The zero-order valence-corrected chi connectivity index (χ0v) is 12.9. The maximum atomic E-state index is 6.10. The highest BCUT2D eigenvalue weighted by Gasteiger charge is 2.33. The predicted octanol–water partition coefficient (Wildman–Crippen LogP) is 4.15. The van der Waals surface area contributed by atoms with Crippen molar-refractivity contribution in [3.05, 3.63) is 28.2 Å². The van der Waals surface area contributed by atoms with E-state index in [0.717, 1.165) is 16.8 Å². The molecular weight excluding hydrogens is 302 g/mol. The Morgan fingerprint density at radius 1 is 1.21 bits per heavy atom. The SMILES string of the molecule is NCC1(c2ccc(OC3CC3)c(Br)c2)CCCCC1. The summed E-state index contributed by atoms with van der Waals surface area (Å²) in [6.45, 7) is 0.752. The van der Waals surface area contributed by atoms with E-state index in [9.17, 15) is 0 Å². The van der Waals surface area contributed by atoms with Gasteiger partial charge in [0.05, 0.1) is 10.6 Å². The van der Waals surface area contributed by atoms with E-state index in [1.807, 2.05) is 0 Å². The fourth-order valence-corrected chi connectivity index (χ4v) is 3.60. The summed E-state index contributed by atoms with van der Waals surface area (Å²) >= 11 is 3.66. The molecule has 19 heavy (non-hydrogen) atoms. The van der Waals surface area contributed by atoms with Gasteiger partial charge in [0.25, 0.3) is 0 Å². The molecule has 2 aliphatic rings. The molecule has 0 aliphatic heterocycles. The molecule has 0 amide bonds. The Morgan fingerprint density at radius 2 is 1.95 bits per heavy atom. The molecule has 0 aromatic heterocycles. The van der Waals surface area contributed by atoms with Crippen molar-refractivity contribution >= 4 is 15.9 Å². The van der Waals surface area contributed by atoms with E-state index in [0.29, 0.717) is 6.10 Å². The van der Waals surface area contributed by atoms with E-state index in [4.69, 9.17) is 10.5 Å². The molecule has 3 heteroatoms. The normalized spacial score (nSPS) is 22.2. The minimum Gasteiger partial charge on any atom is -0.489 e. The first-order chi connectivity index (χ1) is 9.23. The number of nitrogens with two attached hydrogens (primary N) is 1. The number of ether oxygens (including phenoxy) is 1. The first kappa shape index (κ1) is 13.4. The molecule has 0 unspecified atom stereocenters. The Kier molecular flexibility index (Phi) is 3.86. The van der Waals surface area contributed by atoms with E-state index >= 15 is 0 Å². The van der Waals surface area contributed by atoms with Gasteiger partial charge < -0.3 is 10.5 Å². The summed E-state index contributed by atoms with van der Waals surface area (Å²) in [5, 5.41) is 0. The Labute approximate surface area is 123 Å². The van der Waals surface area contributed by atoms with Crippen molar-refractivity contribution in [2.75, 3.05) is 6.54 Å². The molecule has 0 radical (unpaired) electrons. The van der Waals surface area contributed by atoms with Crippen LogP contribution in [-0.2, 0) is 5.41 Å². The molecular formula is C16H22BrNO. The molecule has 2 saturated carbocycles. The molecule has 0 heterocycles. The topological polar surface area (TPSA) is 35.2 Å². The molecule has 1 aromatic carbocycles. The summed E-state index contributed by atoms with van der Waals surface area (Å²) in [5.74, 6) is 0.981. The van der Waals surface area contributed by atoms with Crippen LogP contribution in [0, 0.1) is 0 Å². The lowest BCUT2D eigenvalue weighted by molar-refractivity contribution is 0.294. The van der Waals surface area contributed by atoms with Crippen molar-refractivity contribution in [1.29, 1.82) is 0 Å². The van der Waals surface area contributed by atoms with Crippen molar-refractivity contribution in [3.8, 4) is 5.75 Å². The van der Waals surface area contributed by atoms with Gasteiger partial charge in [0, 0.05) is 12.0 Å². The second-order valence-electron chi connectivity index (χ2n) is 6.01. The summed E-state index contributed by atoms with van der Waals surface area (Å²) < 4.78 is 6.97. The molecule has 2 aliphatic carbocycles. The van der Waals surface area contributed by atoms with Gasteiger partial charge in [-0.05, 0) is 59.3 Å². The average molecular weight is 324 g/mol. The van der Waals surface area contributed by atoms with Crippen molar-refractivity contribution in [2.45, 2.75) is 56.5 Å². The van der Waals surface area contributed by atoms with Crippen LogP contribution in [0.3, 0.4) is 0 Å². The average Bonchev–Trinajstić information content (AvgIpc) is 3.26. The molecule has 3 rings (SSSR count). The zero-order valence-electron chi connectivity index (χ0n) is 11.3. The lowest BCUT2D eigenvalue weighted by Gasteiger charge is -2.37. The van der Waals surface area contributed by atoms with Gasteiger partial charge in [-0.3, -0.25) is 0 Å². The molecule has 0 saturated heterocycles. The van der Waals surface area contributed by atoms with E-state index in [1.165, 1.54) is 50.5 Å². The Balaban J connectivity index is 1.84. The van der Waals surface area contributed by atoms with E-state index < -0.39 is 0 Å². The van der Waals surface area contributed by atoms with Crippen molar-refractivity contribution in [3.63, 3.8) is 0 Å². The summed E-state index contributed by atoms with van der Waals surface area (Å²) in [6, 6.07) is 6.57. The first-order valence-electron chi connectivity index (χ1n) is 7.40. The third-order valence-electron chi connectivity index (χ3n) is 4.56. The number of benzene rings is 1. The lowest BCUT2D eigenvalue weighted by Crippen LogP contribution is -2.37. The van der Waals surface area contributed by atoms with Crippen LogP contribution < -0.4 is 10.5 Å². The summed E-state index contributed by atoms with van der Waals surface area (Å²) in [4.78, 5) is 0. The number of hydrogen-bond acceptors (Lipinski definition) is 2. The number of hydrogen-bond donors (Lipinski definition) is 1. The minimum absolute atomic E-state index is 0.193. The molecule has 0 atom stereocenters. The molecule has 2 nitrogen and oxygen atoms in total. The molecule has 0 bridgehead atoms. The van der Waals surface area contributed by atoms with Gasteiger partial charge in [0.2, 0.25) is 0 Å². The third-order valence-corrected chi connectivity index (χ3v) is 5.18. The fraction of sp³-hybridized carbons (Fsp3) is 0.625. The van der Waals surface area contributed by atoms with Crippen LogP contribution in [0.1, 0.15) is 50.5 Å². The molecule has 0 spiro atoms. The van der Waals surface area contributed by atoms with Crippen LogP contribution in [0.4, 0.5) is 0 Å². The van der Waals surface area contributed by atoms with Gasteiger partial charge >= 0.3 is 0 Å². The summed E-state index contributed by atoms with van der Waals surface area (Å²) in [5.41, 5.74) is 7.68.